The second-order valence-corrected chi connectivity index (χ2v) is 5.98. The van der Waals surface area contributed by atoms with E-state index in [1.165, 1.54) is 24.3 Å². The average Bonchev–Trinajstić information content (AvgIpc) is 2.33. The summed E-state index contributed by atoms with van der Waals surface area (Å²) in [5.41, 5.74) is 7.78. The van der Waals surface area contributed by atoms with Crippen LogP contribution in [-0.2, 0) is 19.5 Å². The summed E-state index contributed by atoms with van der Waals surface area (Å²) in [6.07, 6.45) is 0.221. The van der Waals surface area contributed by atoms with Crippen molar-refractivity contribution < 1.29 is 23.2 Å². The van der Waals surface area contributed by atoms with Gasteiger partial charge in [0.1, 0.15) is 6.61 Å². The molecule has 0 heterocycles. The van der Waals surface area contributed by atoms with E-state index in [0.29, 0.717) is 5.56 Å². The van der Waals surface area contributed by atoms with E-state index in [9.17, 15) is 18.3 Å². The van der Waals surface area contributed by atoms with Crippen molar-refractivity contribution in [3.8, 4) is 0 Å². The largest absolute Gasteiger partial charge is 0.387 e. The average molecular weight is 288 g/mol. The van der Waals surface area contributed by atoms with Crippen molar-refractivity contribution in [2.45, 2.75) is 11.0 Å². The number of hydrogen-bond acceptors (Lipinski definition) is 6. The molecule has 19 heavy (non-hydrogen) atoms. The lowest BCUT2D eigenvalue weighted by Crippen LogP contribution is -2.27. The number of amides is 1. The summed E-state index contributed by atoms with van der Waals surface area (Å²) in [5.74, 6) is -0.625. The Balaban J connectivity index is 2.54. The van der Waals surface area contributed by atoms with E-state index in [2.05, 4.69) is 10.3 Å². The van der Waals surface area contributed by atoms with Gasteiger partial charge in [-0.25, -0.2) is 8.42 Å². The maximum absolute atomic E-state index is 11.3. The van der Waals surface area contributed by atoms with E-state index in [-0.39, 0.29) is 18.0 Å². The second kappa shape index (κ2) is 6.62. The van der Waals surface area contributed by atoms with Gasteiger partial charge in [-0.1, -0.05) is 12.1 Å². The van der Waals surface area contributed by atoms with Crippen molar-refractivity contribution in [3.63, 3.8) is 0 Å². The quantitative estimate of drug-likeness (QED) is 0.443. The monoisotopic (exact) mass is 288 g/mol. The van der Waals surface area contributed by atoms with Crippen molar-refractivity contribution in [2.75, 3.05) is 19.4 Å². The molecule has 1 atom stereocenters. The number of sulfone groups is 1. The van der Waals surface area contributed by atoms with Crippen molar-refractivity contribution in [1.29, 1.82) is 0 Å². The van der Waals surface area contributed by atoms with Gasteiger partial charge >= 0.3 is 0 Å². The Morgan fingerprint density at radius 3 is 2.47 bits per heavy atom. The lowest BCUT2D eigenvalue weighted by Gasteiger charge is -2.12. The first kappa shape index (κ1) is 15.6. The number of benzene rings is 1. The minimum atomic E-state index is -3.25. The summed E-state index contributed by atoms with van der Waals surface area (Å²) in [6, 6.07) is 5.85. The SMILES string of the molecule is CS(=O)(=O)c1ccc(C(O)CNOCC(N)=O)cc1. The number of carbonyl (C=O) groups is 1. The van der Waals surface area contributed by atoms with E-state index < -0.39 is 21.8 Å². The van der Waals surface area contributed by atoms with Crippen molar-refractivity contribution in [3.05, 3.63) is 29.8 Å². The number of hydroxylamine groups is 1. The molecule has 1 unspecified atom stereocenters. The van der Waals surface area contributed by atoms with Crippen LogP contribution in [0, 0.1) is 0 Å². The number of carbonyl (C=O) groups excluding carboxylic acids is 1. The molecule has 0 spiro atoms. The molecule has 0 saturated heterocycles. The van der Waals surface area contributed by atoms with Crippen LogP contribution in [0.15, 0.2) is 29.2 Å². The van der Waals surface area contributed by atoms with Crippen LogP contribution in [0.1, 0.15) is 11.7 Å². The molecule has 0 aromatic heterocycles. The summed E-state index contributed by atoms with van der Waals surface area (Å²) in [5, 5.41) is 9.77. The Hall–Kier alpha value is -1.48. The third-order valence-electron chi connectivity index (χ3n) is 2.29. The molecule has 0 bridgehead atoms. The molecular formula is C11H16N2O5S. The number of primary amides is 1. The van der Waals surface area contributed by atoms with Gasteiger partial charge in [0.25, 0.3) is 0 Å². The highest BCUT2D eigenvalue weighted by Gasteiger charge is 2.10. The molecule has 0 radical (unpaired) electrons. The van der Waals surface area contributed by atoms with Crippen molar-refractivity contribution in [2.24, 2.45) is 5.73 Å². The zero-order chi connectivity index (χ0) is 14.5. The first-order valence-electron chi connectivity index (χ1n) is 5.41. The van der Waals surface area contributed by atoms with Gasteiger partial charge in [0.15, 0.2) is 9.84 Å². The fourth-order valence-corrected chi connectivity index (χ4v) is 1.95. The standard InChI is InChI=1S/C11H16N2O5S/c1-19(16,17)9-4-2-8(3-5-9)10(14)6-13-18-7-11(12)15/h2-5,10,13-14H,6-7H2,1H3,(H2,12,15). The summed E-state index contributed by atoms with van der Waals surface area (Å²) < 4.78 is 22.5. The fraction of sp³-hybridized carbons (Fsp3) is 0.364. The molecule has 1 amide bonds. The molecule has 1 rings (SSSR count). The van der Waals surface area contributed by atoms with Crippen LogP contribution >= 0.6 is 0 Å². The maximum atomic E-state index is 11.3. The third kappa shape index (κ3) is 5.35. The minimum absolute atomic E-state index is 0.0471. The van der Waals surface area contributed by atoms with Crippen LogP contribution < -0.4 is 11.2 Å². The van der Waals surface area contributed by atoms with E-state index in [4.69, 9.17) is 5.73 Å². The Kier molecular flexibility index (Phi) is 5.43. The number of hydrogen-bond donors (Lipinski definition) is 3. The molecule has 1 aromatic carbocycles. The van der Waals surface area contributed by atoms with Crippen LogP contribution in [0.4, 0.5) is 0 Å². The highest BCUT2D eigenvalue weighted by atomic mass is 32.2. The topological polar surface area (TPSA) is 119 Å². The predicted molar refractivity (Wildman–Crippen MR) is 67.7 cm³/mol. The Morgan fingerprint density at radius 1 is 1.42 bits per heavy atom. The first-order chi connectivity index (χ1) is 8.80. The van der Waals surface area contributed by atoms with Crippen molar-refractivity contribution in [1.82, 2.24) is 5.48 Å². The molecule has 0 aliphatic heterocycles. The molecule has 8 heteroatoms. The zero-order valence-electron chi connectivity index (χ0n) is 10.4. The van der Waals surface area contributed by atoms with Crippen LogP contribution in [0.2, 0.25) is 0 Å². The smallest absolute Gasteiger partial charge is 0.245 e. The van der Waals surface area contributed by atoms with Crippen LogP contribution in [0.5, 0.6) is 0 Å². The summed E-state index contributed by atoms with van der Waals surface area (Å²) in [6.45, 7) is -0.245. The molecule has 0 saturated carbocycles. The number of nitrogens with one attached hydrogen (secondary N) is 1. The van der Waals surface area contributed by atoms with E-state index >= 15 is 0 Å². The third-order valence-corrected chi connectivity index (χ3v) is 3.41. The highest BCUT2D eigenvalue weighted by Crippen LogP contribution is 2.15. The van der Waals surface area contributed by atoms with Gasteiger partial charge in [-0.2, -0.15) is 5.48 Å². The molecule has 0 fully saturated rings. The first-order valence-corrected chi connectivity index (χ1v) is 7.31. The summed E-state index contributed by atoms with van der Waals surface area (Å²) in [4.78, 5) is 15.2. The Morgan fingerprint density at radius 2 is 2.00 bits per heavy atom. The van der Waals surface area contributed by atoms with Gasteiger partial charge in [0, 0.05) is 6.26 Å². The number of aliphatic hydroxyl groups is 1. The van der Waals surface area contributed by atoms with Crippen LogP contribution in [-0.4, -0.2) is 38.8 Å². The number of rotatable bonds is 7. The molecule has 1 aromatic rings. The summed E-state index contributed by atoms with van der Waals surface area (Å²) in [7, 11) is -3.25. The van der Waals surface area contributed by atoms with Gasteiger partial charge in [-0.15, -0.1) is 0 Å². The van der Waals surface area contributed by atoms with Gasteiger partial charge < -0.3 is 10.8 Å². The highest BCUT2D eigenvalue weighted by molar-refractivity contribution is 7.90. The molecule has 0 aliphatic rings. The van der Waals surface area contributed by atoms with Crippen molar-refractivity contribution >= 4 is 15.7 Å². The van der Waals surface area contributed by atoms with E-state index in [1.807, 2.05) is 0 Å². The number of aliphatic hydroxyl groups excluding tert-OH is 1. The minimum Gasteiger partial charge on any atom is -0.387 e. The van der Waals surface area contributed by atoms with Gasteiger partial charge in [-0.05, 0) is 17.7 Å². The van der Waals surface area contributed by atoms with E-state index in [0.717, 1.165) is 6.26 Å². The maximum Gasteiger partial charge on any atom is 0.245 e. The van der Waals surface area contributed by atoms with Crippen LogP contribution in [0.3, 0.4) is 0 Å². The normalized spacial score (nSPS) is 13.2. The molecule has 106 valence electrons. The predicted octanol–water partition coefficient (Wildman–Crippen LogP) is -0.870. The molecule has 0 aliphatic carbocycles. The Bertz CT molecular complexity index is 527. The van der Waals surface area contributed by atoms with Gasteiger partial charge in [-0.3, -0.25) is 9.63 Å². The van der Waals surface area contributed by atoms with Gasteiger partial charge in [0.2, 0.25) is 5.91 Å². The van der Waals surface area contributed by atoms with Gasteiger partial charge in [0.05, 0.1) is 17.5 Å². The zero-order valence-corrected chi connectivity index (χ0v) is 11.2. The molecular weight excluding hydrogens is 272 g/mol. The molecule has 4 N–H and O–H groups in total. The molecule has 7 nitrogen and oxygen atoms in total. The lowest BCUT2D eigenvalue weighted by molar-refractivity contribution is -0.125. The van der Waals surface area contributed by atoms with Crippen LogP contribution in [0.25, 0.3) is 0 Å². The second-order valence-electron chi connectivity index (χ2n) is 3.96. The lowest BCUT2D eigenvalue weighted by atomic mass is 10.1. The Labute approximate surface area is 111 Å². The fourth-order valence-electron chi connectivity index (χ4n) is 1.32. The number of nitrogens with two attached hydrogens (primary N) is 1. The summed E-state index contributed by atoms with van der Waals surface area (Å²) >= 11 is 0. The van der Waals surface area contributed by atoms with E-state index in [1.54, 1.807) is 0 Å².